The summed E-state index contributed by atoms with van der Waals surface area (Å²) in [6.45, 7) is 1.98. The first kappa shape index (κ1) is 12.7. The van der Waals surface area contributed by atoms with Gasteiger partial charge in [0.15, 0.2) is 11.6 Å². The van der Waals surface area contributed by atoms with Gasteiger partial charge < -0.3 is 10.9 Å². The van der Waals surface area contributed by atoms with E-state index in [4.69, 9.17) is 29.0 Å². The highest BCUT2D eigenvalue weighted by Crippen LogP contribution is 2.29. The Morgan fingerprint density at radius 3 is 2.41 bits per heavy atom. The Morgan fingerprint density at radius 1 is 1.12 bits per heavy atom. The van der Waals surface area contributed by atoms with E-state index in [1.54, 1.807) is 6.07 Å². The van der Waals surface area contributed by atoms with E-state index in [1.165, 1.54) is 19.3 Å². The third kappa shape index (κ3) is 3.13. The first-order valence-electron chi connectivity index (χ1n) is 5.55. The van der Waals surface area contributed by atoms with Gasteiger partial charge in [-0.3, -0.25) is 0 Å². The molecule has 0 amide bonds. The zero-order valence-electron chi connectivity index (χ0n) is 9.34. The van der Waals surface area contributed by atoms with Gasteiger partial charge in [-0.1, -0.05) is 29.6 Å². The number of pyridine rings is 1. The number of hydrogen-bond donors (Lipinski definition) is 3. The van der Waals surface area contributed by atoms with Gasteiger partial charge in [0.1, 0.15) is 0 Å². The lowest BCUT2D eigenvalue weighted by Gasteiger charge is -2.27. The number of nitrogens with zero attached hydrogens (tertiary/aromatic N) is 2. The van der Waals surface area contributed by atoms with Crippen LogP contribution in [-0.4, -0.2) is 23.1 Å². The number of halogens is 2. The van der Waals surface area contributed by atoms with Gasteiger partial charge >= 0.3 is 0 Å². The summed E-state index contributed by atoms with van der Waals surface area (Å²) < 4.78 is 0. The van der Waals surface area contributed by atoms with Crippen LogP contribution in [0.25, 0.3) is 0 Å². The van der Waals surface area contributed by atoms with Crippen molar-refractivity contribution in [3.05, 3.63) is 16.1 Å². The molecule has 1 fully saturated rings. The summed E-state index contributed by atoms with van der Waals surface area (Å²) in [5, 5.41) is 2.99. The molecule has 1 aromatic rings. The molecule has 0 aromatic carbocycles. The van der Waals surface area contributed by atoms with E-state index >= 15 is 0 Å². The van der Waals surface area contributed by atoms with Gasteiger partial charge in [-0.15, -0.1) is 0 Å². The number of nitrogens with two attached hydrogens (primary N) is 1. The van der Waals surface area contributed by atoms with E-state index in [1.807, 2.05) is 0 Å². The van der Waals surface area contributed by atoms with E-state index in [0.29, 0.717) is 21.7 Å². The first-order chi connectivity index (χ1) is 8.20. The third-order valence-corrected chi connectivity index (χ3v) is 3.26. The summed E-state index contributed by atoms with van der Waals surface area (Å²) in [5.41, 5.74) is 5.63. The third-order valence-electron chi connectivity index (χ3n) is 2.69. The second-order valence-electron chi connectivity index (χ2n) is 3.95. The molecule has 1 saturated heterocycles. The molecule has 0 bridgehead atoms. The van der Waals surface area contributed by atoms with Crippen LogP contribution in [0.3, 0.4) is 0 Å². The molecule has 0 saturated carbocycles. The second kappa shape index (κ2) is 5.73. The Labute approximate surface area is 110 Å². The molecule has 94 valence electrons. The summed E-state index contributed by atoms with van der Waals surface area (Å²) in [6, 6.07) is 1.62. The molecule has 1 aliphatic heterocycles. The van der Waals surface area contributed by atoms with Crippen molar-refractivity contribution < 1.29 is 0 Å². The molecule has 0 aliphatic carbocycles. The Morgan fingerprint density at radius 2 is 1.76 bits per heavy atom. The van der Waals surface area contributed by atoms with Crippen LogP contribution in [0.15, 0.2) is 6.07 Å². The Bertz CT molecular complexity index is 393. The summed E-state index contributed by atoms with van der Waals surface area (Å²) in [7, 11) is 0. The summed E-state index contributed by atoms with van der Waals surface area (Å²) >= 11 is 12.0. The van der Waals surface area contributed by atoms with Gasteiger partial charge in [-0.05, 0) is 18.9 Å². The molecule has 1 aromatic heterocycles. The molecule has 17 heavy (non-hydrogen) atoms. The van der Waals surface area contributed by atoms with Crippen LogP contribution in [0.4, 0.5) is 11.6 Å². The number of hydrazine groups is 2. The Balaban J connectivity index is 2.13. The largest absolute Gasteiger partial charge is 0.307 e. The van der Waals surface area contributed by atoms with Crippen molar-refractivity contribution in [2.75, 3.05) is 23.9 Å². The highest BCUT2D eigenvalue weighted by Gasteiger charge is 2.14. The van der Waals surface area contributed by atoms with Crippen LogP contribution in [0.5, 0.6) is 0 Å². The monoisotopic (exact) mass is 275 g/mol. The number of hydrogen-bond acceptors (Lipinski definition) is 5. The minimum Gasteiger partial charge on any atom is -0.307 e. The zero-order chi connectivity index (χ0) is 12.3. The first-order valence-corrected chi connectivity index (χ1v) is 6.30. The van der Waals surface area contributed by atoms with Gasteiger partial charge in [0.05, 0.1) is 10.0 Å². The average molecular weight is 276 g/mol. The summed E-state index contributed by atoms with van der Waals surface area (Å²) in [6.07, 6.45) is 3.63. The van der Waals surface area contributed by atoms with Crippen LogP contribution in [-0.2, 0) is 0 Å². The predicted molar refractivity (Wildman–Crippen MR) is 71.1 cm³/mol. The summed E-state index contributed by atoms with van der Waals surface area (Å²) in [5.74, 6) is 6.31. The number of piperidine rings is 1. The van der Waals surface area contributed by atoms with E-state index in [2.05, 4.69) is 20.8 Å². The number of nitrogen functional groups attached to an aromatic ring is 1. The predicted octanol–water partition coefficient (Wildman–Crippen LogP) is 2.49. The second-order valence-corrected chi connectivity index (χ2v) is 4.77. The van der Waals surface area contributed by atoms with E-state index in [-0.39, 0.29) is 0 Å². The van der Waals surface area contributed by atoms with Gasteiger partial charge in [-0.2, -0.15) is 0 Å². The Kier molecular flexibility index (Phi) is 4.28. The van der Waals surface area contributed by atoms with E-state index < -0.39 is 0 Å². The van der Waals surface area contributed by atoms with Crippen molar-refractivity contribution in [1.82, 2.24) is 9.99 Å². The maximum Gasteiger partial charge on any atom is 0.161 e. The van der Waals surface area contributed by atoms with Crippen molar-refractivity contribution in [1.29, 1.82) is 0 Å². The fraction of sp³-hybridized carbons (Fsp3) is 0.500. The van der Waals surface area contributed by atoms with Crippen molar-refractivity contribution in [3.8, 4) is 0 Å². The molecule has 4 N–H and O–H groups in total. The standard InChI is InChI=1S/C10H15Cl2N5/c11-7-6-8(12)10(14-9(7)15-13)16-17-4-2-1-3-5-17/h6H,1-5,13H2,(H2,14,15,16). The lowest BCUT2D eigenvalue weighted by molar-refractivity contribution is 0.272. The van der Waals surface area contributed by atoms with E-state index in [0.717, 1.165) is 13.1 Å². The van der Waals surface area contributed by atoms with Crippen LogP contribution in [0.1, 0.15) is 19.3 Å². The van der Waals surface area contributed by atoms with Crippen molar-refractivity contribution in [2.45, 2.75) is 19.3 Å². The molecule has 0 atom stereocenters. The normalized spacial score (nSPS) is 16.9. The quantitative estimate of drug-likeness (QED) is 0.584. The molecule has 7 heteroatoms. The molecule has 2 rings (SSSR count). The lowest BCUT2D eigenvalue weighted by atomic mass is 10.2. The van der Waals surface area contributed by atoms with Crippen molar-refractivity contribution >= 4 is 34.8 Å². The maximum atomic E-state index is 6.07. The molecule has 0 radical (unpaired) electrons. The van der Waals surface area contributed by atoms with Gasteiger partial charge in [-0.25, -0.2) is 15.8 Å². The minimum absolute atomic E-state index is 0.404. The van der Waals surface area contributed by atoms with Gasteiger partial charge in [0, 0.05) is 13.1 Å². The molecular weight excluding hydrogens is 261 g/mol. The maximum absolute atomic E-state index is 6.07. The van der Waals surface area contributed by atoms with Crippen molar-refractivity contribution in [2.24, 2.45) is 5.84 Å². The molecule has 0 spiro atoms. The van der Waals surface area contributed by atoms with Gasteiger partial charge in [0.2, 0.25) is 0 Å². The summed E-state index contributed by atoms with van der Waals surface area (Å²) in [4.78, 5) is 4.23. The molecule has 5 nitrogen and oxygen atoms in total. The zero-order valence-corrected chi connectivity index (χ0v) is 10.9. The molecule has 1 aliphatic rings. The highest BCUT2D eigenvalue weighted by molar-refractivity contribution is 6.37. The molecule has 0 unspecified atom stereocenters. The average Bonchev–Trinajstić information content (AvgIpc) is 2.34. The molecular formula is C10H15Cl2N5. The lowest BCUT2D eigenvalue weighted by Crippen LogP contribution is -2.35. The fourth-order valence-corrected chi connectivity index (χ4v) is 2.26. The van der Waals surface area contributed by atoms with E-state index in [9.17, 15) is 0 Å². The Hall–Kier alpha value is -0.750. The number of nitrogens with one attached hydrogen (secondary N) is 2. The van der Waals surface area contributed by atoms with Crippen LogP contribution >= 0.6 is 23.2 Å². The van der Waals surface area contributed by atoms with Gasteiger partial charge in [0.25, 0.3) is 0 Å². The van der Waals surface area contributed by atoms with Crippen LogP contribution < -0.4 is 16.7 Å². The smallest absolute Gasteiger partial charge is 0.161 e. The minimum atomic E-state index is 0.404. The number of rotatable bonds is 3. The number of aromatic nitrogens is 1. The number of anilines is 2. The topological polar surface area (TPSA) is 66.2 Å². The molecule has 2 heterocycles. The fourth-order valence-electron chi connectivity index (χ4n) is 1.80. The SMILES string of the molecule is NNc1nc(NN2CCCCC2)c(Cl)cc1Cl. The van der Waals surface area contributed by atoms with Crippen LogP contribution in [0, 0.1) is 0 Å². The van der Waals surface area contributed by atoms with Crippen molar-refractivity contribution in [3.63, 3.8) is 0 Å². The highest BCUT2D eigenvalue weighted by atomic mass is 35.5. The van der Waals surface area contributed by atoms with Crippen LogP contribution in [0.2, 0.25) is 10.0 Å².